The molecule has 4 heteroatoms. The van der Waals surface area contributed by atoms with Crippen LogP contribution < -0.4 is 0 Å². The Balaban J connectivity index is 1.91. The molecule has 0 aromatic rings. The van der Waals surface area contributed by atoms with Crippen molar-refractivity contribution in [3.05, 3.63) is 36.5 Å². The summed E-state index contributed by atoms with van der Waals surface area (Å²) in [6.07, 6.45) is 13.8. The van der Waals surface area contributed by atoms with E-state index >= 15 is 0 Å². The van der Waals surface area contributed by atoms with Gasteiger partial charge in [-0.15, -0.1) is 0 Å². The van der Waals surface area contributed by atoms with Gasteiger partial charge in [0, 0.05) is 11.8 Å². The molecule has 0 unspecified atom stereocenters. The molecule has 0 bridgehead atoms. The lowest BCUT2D eigenvalue weighted by atomic mass is 9.80. The van der Waals surface area contributed by atoms with Gasteiger partial charge in [-0.25, -0.2) is 0 Å². The Hall–Kier alpha value is -1.68. The summed E-state index contributed by atoms with van der Waals surface area (Å²) in [6, 6.07) is 0. The van der Waals surface area contributed by atoms with Crippen molar-refractivity contribution < 1.29 is 21.2 Å². The maximum absolute atomic E-state index is 12.2. The summed E-state index contributed by atoms with van der Waals surface area (Å²) in [5, 5.41) is 19.6. The third kappa shape index (κ3) is 6.17. The number of carboxylic acids is 1. The lowest BCUT2D eigenvalue weighted by molar-refractivity contribution is -0.138. The normalized spacial score (nSPS) is 30.8. The highest BCUT2D eigenvalue weighted by molar-refractivity contribution is 5.95. The monoisotopic (exact) mass is 375 g/mol. The minimum Gasteiger partial charge on any atom is -0.481 e. The van der Waals surface area contributed by atoms with E-state index in [0.29, 0.717) is 6.42 Å². The van der Waals surface area contributed by atoms with Crippen LogP contribution in [0.4, 0.5) is 0 Å². The molecular formula is C23H34O4. The summed E-state index contributed by atoms with van der Waals surface area (Å²) in [6.45, 7) is 5.89. The number of hydrogen-bond acceptors (Lipinski definition) is 3. The molecule has 0 aliphatic heterocycles. The highest BCUT2D eigenvalue weighted by Crippen LogP contribution is 2.41. The fourth-order valence-electron chi connectivity index (χ4n) is 3.62. The first kappa shape index (κ1) is 20.1. The third-order valence-corrected chi connectivity index (χ3v) is 5.87. The zero-order valence-electron chi connectivity index (χ0n) is 17.7. The molecule has 1 saturated carbocycles. The molecule has 27 heavy (non-hydrogen) atoms. The van der Waals surface area contributed by atoms with Gasteiger partial charge in [0.2, 0.25) is 0 Å². The molecule has 5 atom stereocenters. The first-order valence-corrected chi connectivity index (χ1v) is 10.1. The molecule has 0 amide bonds. The van der Waals surface area contributed by atoms with E-state index in [9.17, 15) is 14.7 Å². The second kappa shape index (κ2) is 9.50. The SMILES string of the molecule is [2H][C@@](O)(C=C[C@H]1C=CC(=O)[C@@H]1C/C=C\C[C@@H]1C[C@H]1C(=O)O)C(C)(C)CCCC. The zero-order chi connectivity index (χ0) is 20.9. The molecule has 1 fully saturated rings. The van der Waals surface area contributed by atoms with Crippen LogP contribution in [0.1, 0.15) is 60.7 Å². The Morgan fingerprint density at radius 2 is 2.11 bits per heavy atom. The average Bonchev–Trinajstić information content (AvgIpc) is 3.32. The number of carbonyl (C=O) groups excluding carboxylic acids is 1. The molecule has 150 valence electrons. The first-order valence-electron chi connectivity index (χ1n) is 10.6. The molecule has 0 saturated heterocycles. The van der Waals surface area contributed by atoms with Gasteiger partial charge in [-0.2, -0.15) is 0 Å². The van der Waals surface area contributed by atoms with Crippen LogP contribution in [0.2, 0.25) is 0 Å². The molecule has 2 aliphatic carbocycles. The van der Waals surface area contributed by atoms with Gasteiger partial charge in [-0.1, -0.05) is 64.0 Å². The van der Waals surface area contributed by atoms with Crippen molar-refractivity contribution in [1.82, 2.24) is 0 Å². The minimum absolute atomic E-state index is 0.0629. The van der Waals surface area contributed by atoms with Crippen LogP contribution in [0, 0.1) is 29.1 Å². The summed E-state index contributed by atoms with van der Waals surface area (Å²) in [5.41, 5.74) is -0.563. The van der Waals surface area contributed by atoms with E-state index in [1.807, 2.05) is 32.1 Å². The van der Waals surface area contributed by atoms with Crippen LogP contribution in [-0.2, 0) is 9.59 Å². The second-order valence-electron chi connectivity index (χ2n) is 8.56. The number of unbranched alkanes of at least 4 members (excludes halogenated alkanes) is 1. The second-order valence-corrected chi connectivity index (χ2v) is 8.56. The van der Waals surface area contributed by atoms with Gasteiger partial charge in [0.15, 0.2) is 5.78 Å². The van der Waals surface area contributed by atoms with E-state index < -0.39 is 17.5 Å². The molecule has 0 aromatic carbocycles. The van der Waals surface area contributed by atoms with Crippen molar-refractivity contribution in [2.45, 2.75) is 65.4 Å². The van der Waals surface area contributed by atoms with Crippen molar-refractivity contribution in [3.63, 3.8) is 0 Å². The fourth-order valence-corrected chi connectivity index (χ4v) is 3.62. The number of carboxylic acid groups (broad SMARTS) is 1. The van der Waals surface area contributed by atoms with Crippen LogP contribution in [-0.4, -0.2) is 28.0 Å². The van der Waals surface area contributed by atoms with Crippen molar-refractivity contribution in [2.24, 2.45) is 29.1 Å². The van der Waals surface area contributed by atoms with Gasteiger partial charge in [0.25, 0.3) is 0 Å². The van der Waals surface area contributed by atoms with Crippen LogP contribution >= 0.6 is 0 Å². The predicted octanol–water partition coefficient (Wildman–Crippen LogP) is 4.55. The van der Waals surface area contributed by atoms with Crippen LogP contribution in [0.5, 0.6) is 0 Å². The van der Waals surface area contributed by atoms with Gasteiger partial charge < -0.3 is 10.2 Å². The van der Waals surface area contributed by atoms with E-state index in [4.69, 9.17) is 6.48 Å². The number of aliphatic hydroxyl groups is 1. The maximum atomic E-state index is 12.2. The maximum Gasteiger partial charge on any atom is 0.306 e. The number of ketones is 1. The highest BCUT2D eigenvalue weighted by atomic mass is 16.4. The molecule has 0 aromatic heterocycles. The Morgan fingerprint density at radius 3 is 2.74 bits per heavy atom. The third-order valence-electron chi connectivity index (χ3n) is 5.87. The average molecular weight is 376 g/mol. The number of aliphatic carboxylic acids is 1. The topological polar surface area (TPSA) is 74.6 Å². The van der Waals surface area contributed by atoms with Gasteiger partial charge in [-0.3, -0.25) is 9.59 Å². The summed E-state index contributed by atoms with van der Waals surface area (Å²) in [7, 11) is 0. The van der Waals surface area contributed by atoms with E-state index in [1.54, 1.807) is 12.2 Å². The molecule has 0 heterocycles. The predicted molar refractivity (Wildman–Crippen MR) is 107 cm³/mol. The lowest BCUT2D eigenvalue weighted by Crippen LogP contribution is -2.27. The highest BCUT2D eigenvalue weighted by Gasteiger charge is 2.41. The molecule has 0 radical (unpaired) electrons. The fraction of sp³-hybridized carbons (Fsp3) is 0.652. The largest absolute Gasteiger partial charge is 0.481 e. The van der Waals surface area contributed by atoms with Gasteiger partial charge in [-0.05, 0) is 43.1 Å². The van der Waals surface area contributed by atoms with Crippen molar-refractivity contribution in [1.29, 1.82) is 0 Å². The van der Waals surface area contributed by atoms with Crippen LogP contribution in [0.15, 0.2) is 36.5 Å². The van der Waals surface area contributed by atoms with E-state index in [-0.39, 0.29) is 29.5 Å². The first-order chi connectivity index (χ1) is 13.1. The van der Waals surface area contributed by atoms with Gasteiger partial charge in [0.1, 0.15) is 0 Å². The molecule has 2 N–H and O–H groups in total. The van der Waals surface area contributed by atoms with Crippen molar-refractivity contribution in [2.75, 3.05) is 0 Å². The van der Waals surface area contributed by atoms with Crippen LogP contribution in [0.25, 0.3) is 0 Å². The molecule has 4 nitrogen and oxygen atoms in total. The van der Waals surface area contributed by atoms with E-state index in [2.05, 4.69) is 6.92 Å². The number of carbonyl (C=O) groups is 2. The van der Waals surface area contributed by atoms with Crippen molar-refractivity contribution in [3.8, 4) is 0 Å². The van der Waals surface area contributed by atoms with E-state index in [0.717, 1.165) is 32.1 Å². The summed E-state index contributed by atoms with van der Waals surface area (Å²) in [5.74, 6) is -0.969. The smallest absolute Gasteiger partial charge is 0.306 e. The standard InChI is InChI=1S/C23H34O4/c1-4-5-14-23(2,3)21(25)13-11-16-10-12-20(24)18(16)9-7-6-8-17-15-19(17)22(26)27/h6-7,10-13,16-19,21,25H,4-5,8-9,14-15H2,1-3H3,(H,26,27)/b7-6-,13-11?/t16-,17-,18-,19-,21-/m1/s1/i21D. The number of rotatable bonds is 11. The summed E-state index contributed by atoms with van der Waals surface area (Å²) < 4.78 is 8.36. The Labute approximate surface area is 164 Å². The Morgan fingerprint density at radius 1 is 1.41 bits per heavy atom. The van der Waals surface area contributed by atoms with Crippen LogP contribution in [0.3, 0.4) is 0 Å². The zero-order valence-corrected chi connectivity index (χ0v) is 16.7. The summed E-state index contributed by atoms with van der Waals surface area (Å²) in [4.78, 5) is 23.0. The Kier molecular flexibility index (Phi) is 7.06. The molecular weight excluding hydrogens is 340 g/mol. The van der Waals surface area contributed by atoms with E-state index in [1.165, 1.54) is 6.08 Å². The van der Waals surface area contributed by atoms with Gasteiger partial charge in [0.05, 0.1) is 13.4 Å². The molecule has 2 rings (SSSR count). The minimum atomic E-state index is -1.68. The number of hydrogen-bond donors (Lipinski definition) is 2. The van der Waals surface area contributed by atoms with Crippen molar-refractivity contribution >= 4 is 11.8 Å². The molecule has 0 spiro atoms. The quantitative estimate of drug-likeness (QED) is 0.520. The Bertz CT molecular complexity index is 660. The van der Waals surface area contributed by atoms with Gasteiger partial charge >= 0.3 is 5.97 Å². The molecule has 2 aliphatic rings. The summed E-state index contributed by atoms with van der Waals surface area (Å²) >= 11 is 0. The number of allylic oxidation sites excluding steroid dienone is 5. The lowest BCUT2D eigenvalue weighted by Gasteiger charge is -2.28.